The van der Waals surface area contributed by atoms with E-state index in [0.717, 1.165) is 19.3 Å². The van der Waals surface area contributed by atoms with Crippen molar-refractivity contribution in [2.24, 2.45) is 11.8 Å². The number of aliphatic hydroxyl groups excluding tert-OH is 4. The summed E-state index contributed by atoms with van der Waals surface area (Å²) in [6.45, 7) is 4.74. The third kappa shape index (κ3) is 6.16. The SMILES string of the molecule is CSC1O[C@H]([C@H](NC(=O)[C@@H]2[C@@H]3OCC[C@@H](CC(C)O)C[C@H]3CN2C)[C@H](C)Cl)C(O)[C@@H](O)[C@H]1O. The summed E-state index contributed by atoms with van der Waals surface area (Å²) in [6.07, 6.45) is -1.48. The summed E-state index contributed by atoms with van der Waals surface area (Å²) in [4.78, 5) is 15.4. The second-order valence-corrected chi connectivity index (χ2v) is 11.5. The molecule has 0 radical (unpaired) electrons. The second kappa shape index (κ2) is 11.7. The van der Waals surface area contributed by atoms with Crippen LogP contribution < -0.4 is 5.32 Å². The van der Waals surface area contributed by atoms with E-state index in [2.05, 4.69) is 5.32 Å². The van der Waals surface area contributed by atoms with E-state index in [1.165, 1.54) is 11.8 Å². The highest BCUT2D eigenvalue weighted by Gasteiger charge is 2.50. The van der Waals surface area contributed by atoms with Crippen LogP contribution in [0.2, 0.25) is 0 Å². The first-order valence-electron chi connectivity index (χ1n) is 11.7. The number of aliphatic hydroxyl groups is 4. The first-order chi connectivity index (χ1) is 15.5. The molecule has 12 atom stereocenters. The number of nitrogens with zero attached hydrogens (tertiary/aromatic N) is 1. The smallest absolute Gasteiger partial charge is 0.240 e. The standard InChI is InChI=1S/C22H39ClN2O7S/c1-10(26)7-12-5-6-31-19-13(8-12)9-25(3)15(19)21(30)24-14(11(2)23)20-17(28)16(27)18(29)22(32-20)33-4/h10-20,22,26-29H,5-9H2,1-4H3,(H,24,30)/t10?,11-,12-,13-,14+,15-,16+,17?,18+,19+,20+,22?/m0/s1. The van der Waals surface area contributed by atoms with Gasteiger partial charge in [-0.1, -0.05) is 0 Å². The van der Waals surface area contributed by atoms with Gasteiger partial charge < -0.3 is 35.2 Å². The molecular formula is C22H39ClN2O7S. The summed E-state index contributed by atoms with van der Waals surface area (Å²) in [6, 6.07) is -1.31. The van der Waals surface area contributed by atoms with E-state index in [9.17, 15) is 25.2 Å². The van der Waals surface area contributed by atoms with E-state index in [-0.39, 0.29) is 24.0 Å². The van der Waals surface area contributed by atoms with E-state index in [4.69, 9.17) is 21.1 Å². The number of nitrogens with one attached hydrogen (secondary N) is 1. The van der Waals surface area contributed by atoms with Crippen LogP contribution in [0.5, 0.6) is 0 Å². The van der Waals surface area contributed by atoms with Gasteiger partial charge in [-0.3, -0.25) is 9.69 Å². The number of hydrogen-bond donors (Lipinski definition) is 5. The fourth-order valence-corrected chi connectivity index (χ4v) is 6.45. The lowest BCUT2D eigenvalue weighted by Gasteiger charge is -2.44. The Hall–Kier alpha value is -0.170. The molecule has 3 aliphatic heterocycles. The van der Waals surface area contributed by atoms with Gasteiger partial charge in [0.2, 0.25) is 5.91 Å². The Bertz CT molecular complexity index is 658. The third-order valence-corrected chi connectivity index (χ3v) is 8.31. The zero-order valence-electron chi connectivity index (χ0n) is 19.7. The van der Waals surface area contributed by atoms with Crippen LogP contribution in [0.15, 0.2) is 0 Å². The first kappa shape index (κ1) is 27.4. The topological polar surface area (TPSA) is 132 Å². The van der Waals surface area contributed by atoms with Crippen LogP contribution in [-0.2, 0) is 14.3 Å². The molecule has 0 spiro atoms. The van der Waals surface area contributed by atoms with Crippen molar-refractivity contribution in [3.8, 4) is 0 Å². The van der Waals surface area contributed by atoms with Gasteiger partial charge in [-0.05, 0) is 52.3 Å². The van der Waals surface area contributed by atoms with Gasteiger partial charge >= 0.3 is 0 Å². The van der Waals surface area contributed by atoms with Crippen molar-refractivity contribution < 1.29 is 34.7 Å². The average Bonchev–Trinajstić information content (AvgIpc) is 2.92. The Morgan fingerprint density at radius 2 is 1.94 bits per heavy atom. The lowest BCUT2D eigenvalue weighted by Crippen LogP contribution is -2.65. The first-order valence-corrected chi connectivity index (χ1v) is 13.4. The van der Waals surface area contributed by atoms with Crippen molar-refractivity contribution in [3.63, 3.8) is 0 Å². The summed E-state index contributed by atoms with van der Waals surface area (Å²) >= 11 is 7.62. The number of fused-ring (bicyclic) bond motifs is 1. The minimum Gasteiger partial charge on any atom is -0.393 e. The number of alkyl halides is 1. The van der Waals surface area contributed by atoms with Gasteiger partial charge in [-0.15, -0.1) is 23.4 Å². The summed E-state index contributed by atoms with van der Waals surface area (Å²) in [5, 5.41) is 43.2. The molecule has 9 nitrogen and oxygen atoms in total. The molecule has 3 fully saturated rings. The molecule has 3 rings (SSSR count). The number of ether oxygens (including phenoxy) is 2. The predicted octanol–water partition coefficient (Wildman–Crippen LogP) is -0.235. The summed E-state index contributed by atoms with van der Waals surface area (Å²) < 4.78 is 12.0. The van der Waals surface area contributed by atoms with Crippen LogP contribution in [0.3, 0.4) is 0 Å². The fraction of sp³-hybridized carbons (Fsp3) is 0.955. The number of halogens is 1. The molecule has 5 N–H and O–H groups in total. The summed E-state index contributed by atoms with van der Waals surface area (Å²) in [5.41, 5.74) is -0.752. The Morgan fingerprint density at radius 3 is 2.55 bits per heavy atom. The molecule has 33 heavy (non-hydrogen) atoms. The predicted molar refractivity (Wildman–Crippen MR) is 126 cm³/mol. The maximum Gasteiger partial charge on any atom is 0.240 e. The van der Waals surface area contributed by atoms with Crippen LogP contribution in [0.25, 0.3) is 0 Å². The zero-order chi connectivity index (χ0) is 24.4. The summed E-state index contributed by atoms with van der Waals surface area (Å²) in [7, 11) is 1.89. The Balaban J connectivity index is 1.72. The Morgan fingerprint density at radius 1 is 1.24 bits per heavy atom. The van der Waals surface area contributed by atoms with Crippen molar-refractivity contribution in [1.82, 2.24) is 10.2 Å². The fourth-order valence-electron chi connectivity index (χ4n) is 5.57. The number of carbonyl (C=O) groups is 1. The molecular weight excluding hydrogens is 472 g/mol. The van der Waals surface area contributed by atoms with Crippen molar-refractivity contribution in [1.29, 1.82) is 0 Å². The largest absolute Gasteiger partial charge is 0.393 e. The maximum atomic E-state index is 13.5. The number of likely N-dealkylation sites (tertiary alicyclic amines) is 1. The van der Waals surface area contributed by atoms with Crippen LogP contribution in [0.1, 0.15) is 33.1 Å². The molecule has 11 heteroatoms. The lowest BCUT2D eigenvalue weighted by molar-refractivity contribution is -0.205. The van der Waals surface area contributed by atoms with Crippen molar-refractivity contribution in [2.45, 2.75) is 92.6 Å². The maximum absolute atomic E-state index is 13.5. The molecule has 192 valence electrons. The quantitative estimate of drug-likeness (QED) is 0.294. The van der Waals surface area contributed by atoms with Crippen molar-refractivity contribution in [3.05, 3.63) is 0 Å². The van der Waals surface area contributed by atoms with E-state index < -0.39 is 47.3 Å². The molecule has 1 amide bonds. The van der Waals surface area contributed by atoms with Crippen molar-refractivity contribution >= 4 is 29.3 Å². The molecule has 3 unspecified atom stereocenters. The number of amides is 1. The Kier molecular flexibility index (Phi) is 9.73. The molecule has 0 aromatic rings. The van der Waals surface area contributed by atoms with Gasteiger partial charge in [0.25, 0.3) is 0 Å². The van der Waals surface area contributed by atoms with Gasteiger partial charge in [0, 0.05) is 19.1 Å². The molecule has 0 aliphatic carbocycles. The number of carbonyl (C=O) groups excluding carboxylic acids is 1. The molecule has 3 saturated heterocycles. The van der Waals surface area contributed by atoms with E-state index in [0.29, 0.717) is 19.1 Å². The second-order valence-electron chi connectivity index (χ2n) is 9.84. The minimum atomic E-state index is -1.41. The monoisotopic (exact) mass is 510 g/mol. The van der Waals surface area contributed by atoms with Gasteiger partial charge in [-0.25, -0.2) is 0 Å². The van der Waals surface area contributed by atoms with Crippen LogP contribution >= 0.6 is 23.4 Å². The third-order valence-electron chi connectivity index (χ3n) is 7.19. The molecule has 0 aromatic heterocycles. The number of rotatable bonds is 7. The summed E-state index contributed by atoms with van der Waals surface area (Å²) in [5.74, 6) is 0.264. The highest BCUT2D eigenvalue weighted by Crippen LogP contribution is 2.36. The minimum absolute atomic E-state index is 0.179. The Labute approximate surface area is 205 Å². The number of likely N-dealkylation sites (N-methyl/N-ethyl adjacent to an activating group) is 1. The zero-order valence-corrected chi connectivity index (χ0v) is 21.3. The normalized spacial score (nSPS) is 42.8. The molecule has 0 saturated carbocycles. The number of hydrogen-bond acceptors (Lipinski definition) is 9. The van der Waals surface area contributed by atoms with Crippen molar-refractivity contribution in [2.75, 3.05) is 26.5 Å². The van der Waals surface area contributed by atoms with E-state index in [1.807, 2.05) is 11.9 Å². The van der Waals surface area contributed by atoms with Crippen LogP contribution in [0, 0.1) is 11.8 Å². The van der Waals surface area contributed by atoms with Gasteiger partial charge in [0.05, 0.1) is 23.6 Å². The highest BCUT2D eigenvalue weighted by atomic mass is 35.5. The van der Waals surface area contributed by atoms with E-state index in [1.54, 1.807) is 20.1 Å². The average molecular weight is 511 g/mol. The molecule has 3 aliphatic rings. The van der Waals surface area contributed by atoms with Crippen LogP contribution in [0.4, 0.5) is 0 Å². The number of thioether (sulfide) groups is 1. The van der Waals surface area contributed by atoms with Crippen LogP contribution in [-0.4, -0.2) is 117 Å². The lowest BCUT2D eigenvalue weighted by atomic mass is 9.86. The molecule has 0 bridgehead atoms. The van der Waals surface area contributed by atoms with E-state index >= 15 is 0 Å². The van der Waals surface area contributed by atoms with Gasteiger partial charge in [0.1, 0.15) is 35.9 Å². The molecule has 0 aromatic carbocycles. The van der Waals surface area contributed by atoms with Gasteiger partial charge in [-0.2, -0.15) is 0 Å². The molecule has 3 heterocycles. The van der Waals surface area contributed by atoms with Gasteiger partial charge in [0.15, 0.2) is 0 Å². The highest BCUT2D eigenvalue weighted by molar-refractivity contribution is 7.99.